The molecule has 4 nitrogen and oxygen atoms in total. The summed E-state index contributed by atoms with van der Waals surface area (Å²) in [4.78, 5) is 12.9. The largest absolute Gasteiger partial charge is 0.478 e. The molecular weight excluding hydrogens is 249 g/mol. The predicted molar refractivity (Wildman–Crippen MR) is 68.7 cm³/mol. The third kappa shape index (κ3) is 3.52. The van der Waals surface area contributed by atoms with E-state index in [1.807, 2.05) is 0 Å². The van der Waals surface area contributed by atoms with E-state index >= 15 is 0 Å². The first-order valence-electron chi connectivity index (χ1n) is 6.37. The SMILES string of the molecule is COC1CCCN(Cc2ccc(C(=O)O)c(F)c2)C1. The van der Waals surface area contributed by atoms with E-state index in [1.165, 1.54) is 12.1 Å². The highest BCUT2D eigenvalue weighted by molar-refractivity contribution is 5.87. The smallest absolute Gasteiger partial charge is 0.338 e. The van der Waals surface area contributed by atoms with Crippen molar-refractivity contribution in [2.45, 2.75) is 25.5 Å². The highest BCUT2D eigenvalue weighted by atomic mass is 19.1. The van der Waals surface area contributed by atoms with Gasteiger partial charge >= 0.3 is 5.97 Å². The van der Waals surface area contributed by atoms with Gasteiger partial charge in [-0.1, -0.05) is 6.07 Å². The van der Waals surface area contributed by atoms with Gasteiger partial charge in [-0.2, -0.15) is 0 Å². The summed E-state index contributed by atoms with van der Waals surface area (Å²) in [6.07, 6.45) is 2.35. The van der Waals surface area contributed by atoms with Gasteiger partial charge in [-0.3, -0.25) is 4.90 Å². The summed E-state index contributed by atoms with van der Waals surface area (Å²) < 4.78 is 18.9. The van der Waals surface area contributed by atoms with Crippen LogP contribution in [-0.4, -0.2) is 42.3 Å². The monoisotopic (exact) mass is 267 g/mol. The Morgan fingerprint density at radius 3 is 3.00 bits per heavy atom. The molecule has 1 heterocycles. The molecule has 0 spiro atoms. The molecule has 0 radical (unpaired) electrons. The van der Waals surface area contributed by atoms with E-state index in [0.717, 1.165) is 31.5 Å². The molecule has 0 aromatic heterocycles. The number of piperidine rings is 1. The minimum atomic E-state index is -1.23. The van der Waals surface area contributed by atoms with Crippen molar-refractivity contribution in [3.05, 3.63) is 35.1 Å². The fourth-order valence-corrected chi connectivity index (χ4v) is 2.44. The number of carboxylic acids is 1. The molecule has 2 rings (SSSR count). The molecular formula is C14H18FNO3. The Bertz CT molecular complexity index is 464. The molecule has 0 amide bonds. The van der Waals surface area contributed by atoms with Crippen molar-refractivity contribution in [1.82, 2.24) is 4.90 Å². The average Bonchev–Trinajstić information content (AvgIpc) is 2.38. The third-order valence-electron chi connectivity index (χ3n) is 3.47. The molecule has 1 saturated heterocycles. The van der Waals surface area contributed by atoms with E-state index < -0.39 is 11.8 Å². The van der Waals surface area contributed by atoms with E-state index in [2.05, 4.69) is 4.90 Å². The van der Waals surface area contributed by atoms with Crippen LogP contribution in [-0.2, 0) is 11.3 Å². The van der Waals surface area contributed by atoms with Crippen LogP contribution in [0.2, 0.25) is 0 Å². The maximum Gasteiger partial charge on any atom is 0.338 e. The summed E-state index contributed by atoms with van der Waals surface area (Å²) in [6, 6.07) is 4.30. The Labute approximate surface area is 111 Å². The molecule has 1 unspecified atom stereocenters. The Kier molecular flexibility index (Phi) is 4.50. The summed E-state index contributed by atoms with van der Waals surface area (Å²) in [5, 5.41) is 8.78. The van der Waals surface area contributed by atoms with Gasteiger partial charge in [-0.15, -0.1) is 0 Å². The average molecular weight is 267 g/mol. The molecule has 0 saturated carbocycles. The van der Waals surface area contributed by atoms with E-state index in [9.17, 15) is 9.18 Å². The number of hydrogen-bond acceptors (Lipinski definition) is 3. The zero-order valence-corrected chi connectivity index (χ0v) is 10.9. The van der Waals surface area contributed by atoms with Crippen LogP contribution in [0.1, 0.15) is 28.8 Å². The number of methoxy groups -OCH3 is 1. The number of nitrogens with zero attached hydrogens (tertiary/aromatic N) is 1. The minimum Gasteiger partial charge on any atom is -0.478 e. The Morgan fingerprint density at radius 2 is 2.37 bits per heavy atom. The lowest BCUT2D eigenvalue weighted by molar-refractivity contribution is 0.0285. The maximum atomic E-state index is 13.6. The van der Waals surface area contributed by atoms with Gasteiger partial charge in [-0.05, 0) is 37.1 Å². The number of ether oxygens (including phenoxy) is 1. The van der Waals surface area contributed by atoms with Crippen molar-refractivity contribution in [3.8, 4) is 0 Å². The van der Waals surface area contributed by atoms with Gasteiger partial charge in [0.05, 0.1) is 11.7 Å². The first kappa shape index (κ1) is 14.0. The van der Waals surface area contributed by atoms with Gasteiger partial charge in [0.25, 0.3) is 0 Å². The van der Waals surface area contributed by atoms with Crippen molar-refractivity contribution in [2.24, 2.45) is 0 Å². The normalized spacial score (nSPS) is 20.4. The molecule has 1 aromatic carbocycles. The van der Waals surface area contributed by atoms with Crippen LogP contribution >= 0.6 is 0 Å². The van der Waals surface area contributed by atoms with Gasteiger partial charge in [0.2, 0.25) is 0 Å². The summed E-state index contributed by atoms with van der Waals surface area (Å²) in [7, 11) is 1.70. The Balaban J connectivity index is 2.03. The number of likely N-dealkylation sites (tertiary alicyclic amines) is 1. The summed E-state index contributed by atoms with van der Waals surface area (Å²) >= 11 is 0. The van der Waals surface area contributed by atoms with Crippen LogP contribution in [0.25, 0.3) is 0 Å². The number of aromatic carboxylic acids is 1. The molecule has 1 fully saturated rings. The van der Waals surface area contributed by atoms with Crippen LogP contribution in [0.4, 0.5) is 4.39 Å². The maximum absolute atomic E-state index is 13.6. The van der Waals surface area contributed by atoms with E-state index in [4.69, 9.17) is 9.84 Å². The van der Waals surface area contributed by atoms with Crippen LogP contribution in [0, 0.1) is 5.82 Å². The van der Waals surface area contributed by atoms with Crippen LogP contribution in [0.15, 0.2) is 18.2 Å². The summed E-state index contributed by atoms with van der Waals surface area (Å²) in [6.45, 7) is 2.41. The highest BCUT2D eigenvalue weighted by Crippen LogP contribution is 2.17. The fraction of sp³-hybridized carbons (Fsp3) is 0.500. The zero-order chi connectivity index (χ0) is 13.8. The van der Waals surface area contributed by atoms with Crippen molar-refractivity contribution >= 4 is 5.97 Å². The number of carbonyl (C=O) groups is 1. The lowest BCUT2D eigenvalue weighted by Gasteiger charge is -2.31. The summed E-state index contributed by atoms with van der Waals surface area (Å²) in [5.74, 6) is -1.91. The Hall–Kier alpha value is -1.46. The molecule has 104 valence electrons. The lowest BCUT2D eigenvalue weighted by atomic mass is 10.1. The van der Waals surface area contributed by atoms with E-state index in [1.54, 1.807) is 13.2 Å². The lowest BCUT2D eigenvalue weighted by Crippen LogP contribution is -2.38. The molecule has 0 aliphatic carbocycles. The van der Waals surface area contributed by atoms with Crippen LogP contribution in [0.5, 0.6) is 0 Å². The molecule has 1 aromatic rings. The van der Waals surface area contributed by atoms with E-state index in [-0.39, 0.29) is 11.7 Å². The molecule has 1 atom stereocenters. The quantitative estimate of drug-likeness (QED) is 0.908. The van der Waals surface area contributed by atoms with Crippen LogP contribution in [0.3, 0.4) is 0 Å². The molecule has 1 aliphatic rings. The zero-order valence-electron chi connectivity index (χ0n) is 10.9. The van der Waals surface area contributed by atoms with Crippen molar-refractivity contribution < 1.29 is 19.0 Å². The first-order chi connectivity index (χ1) is 9.10. The Morgan fingerprint density at radius 1 is 1.58 bits per heavy atom. The predicted octanol–water partition coefficient (Wildman–Crippen LogP) is 2.13. The van der Waals surface area contributed by atoms with Crippen LogP contribution < -0.4 is 0 Å². The second kappa shape index (κ2) is 6.12. The van der Waals surface area contributed by atoms with Crippen molar-refractivity contribution in [2.75, 3.05) is 20.2 Å². The second-order valence-electron chi connectivity index (χ2n) is 4.85. The van der Waals surface area contributed by atoms with Crippen molar-refractivity contribution in [3.63, 3.8) is 0 Å². The van der Waals surface area contributed by atoms with E-state index in [0.29, 0.717) is 6.54 Å². The number of hydrogen-bond donors (Lipinski definition) is 1. The third-order valence-corrected chi connectivity index (χ3v) is 3.47. The molecule has 0 bridgehead atoms. The topological polar surface area (TPSA) is 49.8 Å². The number of carboxylic acid groups (broad SMARTS) is 1. The number of rotatable bonds is 4. The fourth-order valence-electron chi connectivity index (χ4n) is 2.44. The minimum absolute atomic E-state index is 0.233. The first-order valence-corrected chi connectivity index (χ1v) is 6.37. The van der Waals surface area contributed by atoms with Gasteiger partial charge < -0.3 is 9.84 Å². The van der Waals surface area contributed by atoms with Gasteiger partial charge in [0.1, 0.15) is 5.82 Å². The molecule has 19 heavy (non-hydrogen) atoms. The number of halogens is 1. The molecule has 5 heteroatoms. The second-order valence-corrected chi connectivity index (χ2v) is 4.85. The molecule has 1 N–H and O–H groups in total. The van der Waals surface area contributed by atoms with Gasteiger partial charge in [0.15, 0.2) is 0 Å². The van der Waals surface area contributed by atoms with Gasteiger partial charge in [0, 0.05) is 20.2 Å². The standard InChI is InChI=1S/C14H18FNO3/c1-19-11-3-2-6-16(9-11)8-10-4-5-12(14(17)18)13(15)7-10/h4-5,7,11H,2-3,6,8-9H2,1H3,(H,17,18). The van der Waals surface area contributed by atoms with Gasteiger partial charge in [-0.25, -0.2) is 9.18 Å². The summed E-state index contributed by atoms with van der Waals surface area (Å²) in [5.41, 5.74) is 0.511. The molecule has 1 aliphatic heterocycles. The highest BCUT2D eigenvalue weighted by Gasteiger charge is 2.20. The van der Waals surface area contributed by atoms with Crippen molar-refractivity contribution in [1.29, 1.82) is 0 Å². The number of benzene rings is 1.